The summed E-state index contributed by atoms with van der Waals surface area (Å²) in [6, 6.07) is 19.8. The first-order chi connectivity index (χ1) is 30.7. The number of unbranched alkanes of at least 4 members (excludes halogenated alkanes) is 16. The van der Waals surface area contributed by atoms with Crippen molar-refractivity contribution in [3.05, 3.63) is 82.8 Å². The molecule has 0 spiro atoms. The molecule has 0 fully saturated rings. The Balaban J connectivity index is 1.35. The van der Waals surface area contributed by atoms with E-state index in [2.05, 4.69) is 29.1 Å². The van der Waals surface area contributed by atoms with Gasteiger partial charge in [-0.05, 0) is 61.2 Å². The second-order valence-corrected chi connectivity index (χ2v) is 18.1. The summed E-state index contributed by atoms with van der Waals surface area (Å²) < 4.78 is 51.7. The van der Waals surface area contributed by atoms with Crippen LogP contribution in [0.1, 0.15) is 146 Å². The van der Waals surface area contributed by atoms with E-state index in [1.54, 1.807) is 47.0 Å². The van der Waals surface area contributed by atoms with E-state index >= 15 is 0 Å². The summed E-state index contributed by atoms with van der Waals surface area (Å²) >= 11 is 6.44. The molecule has 344 valence electrons. The zero-order valence-electron chi connectivity index (χ0n) is 37.6. The Morgan fingerprint density at radius 1 is 0.841 bits per heavy atom. The number of hydrogen-bond donors (Lipinski definition) is 1. The maximum Gasteiger partial charge on any atom is 0.530 e. The molecule has 0 aliphatic heterocycles. The van der Waals surface area contributed by atoms with Gasteiger partial charge in [0.25, 0.3) is 0 Å². The summed E-state index contributed by atoms with van der Waals surface area (Å²) in [5, 5.41) is 24.4. The van der Waals surface area contributed by atoms with Gasteiger partial charge in [-0.3, -0.25) is 9.05 Å². The van der Waals surface area contributed by atoms with Crippen molar-refractivity contribution in [2.75, 3.05) is 33.2 Å². The number of para-hydroxylation sites is 1. The molecule has 3 atom stereocenters. The van der Waals surface area contributed by atoms with E-state index in [0.29, 0.717) is 35.5 Å². The molecule has 2 aromatic heterocycles. The van der Waals surface area contributed by atoms with Gasteiger partial charge in [0, 0.05) is 12.8 Å². The first kappa shape index (κ1) is 51.4. The minimum absolute atomic E-state index is 0.0923. The normalized spacial score (nSPS) is 13.8. The minimum atomic E-state index is -4.46. The van der Waals surface area contributed by atoms with Crippen LogP contribution < -0.4 is 15.0 Å². The van der Waals surface area contributed by atoms with E-state index in [4.69, 9.17) is 45.1 Å². The number of nitrogen functional groups attached to an aromatic ring is 1. The summed E-state index contributed by atoms with van der Waals surface area (Å²) in [4.78, 5) is 4.04. The van der Waals surface area contributed by atoms with E-state index in [9.17, 15) is 15.1 Å². The number of fused-ring (bicyclic) bond motifs is 1. The highest BCUT2D eigenvalue weighted by Gasteiger charge is 2.38. The molecule has 63 heavy (non-hydrogen) atoms. The van der Waals surface area contributed by atoms with Crippen molar-refractivity contribution >= 4 is 30.8 Å². The predicted octanol–water partition coefficient (Wildman–Crippen LogP) is 12.5. The summed E-state index contributed by atoms with van der Waals surface area (Å²) in [5.41, 5.74) is 7.11. The molecular weight excluding hydrogens is 839 g/mol. The van der Waals surface area contributed by atoms with E-state index in [1.165, 1.54) is 110 Å². The maximum atomic E-state index is 14.6. The van der Waals surface area contributed by atoms with Crippen molar-refractivity contribution in [2.45, 2.75) is 154 Å². The third-order valence-corrected chi connectivity index (χ3v) is 13.0. The lowest BCUT2D eigenvalue weighted by molar-refractivity contribution is -0.0280. The number of phosphoric acid groups is 1. The van der Waals surface area contributed by atoms with Gasteiger partial charge in [0.15, 0.2) is 11.4 Å². The van der Waals surface area contributed by atoms with Crippen LogP contribution in [0.3, 0.4) is 0 Å². The number of aryl methyl sites for hydroxylation is 1. The average molecular weight is 908 g/mol. The summed E-state index contributed by atoms with van der Waals surface area (Å²) in [6.07, 6.45) is 23.6. The molecule has 2 N–H and O–H groups in total. The molecule has 0 bridgehead atoms. The average Bonchev–Trinajstić information content (AvgIpc) is 3.73. The zero-order valence-corrected chi connectivity index (χ0v) is 39.3. The Kier molecular flexibility index (Phi) is 23.3. The van der Waals surface area contributed by atoms with Gasteiger partial charge >= 0.3 is 7.82 Å². The molecule has 13 nitrogen and oxygen atoms in total. The fraction of sp³-hybridized carbons (Fsp3) is 0.583. The number of benzene rings is 2. The lowest BCUT2D eigenvalue weighted by Crippen LogP contribution is -2.36. The van der Waals surface area contributed by atoms with Gasteiger partial charge in [-0.15, -0.1) is 0 Å². The van der Waals surface area contributed by atoms with Crippen LogP contribution in [-0.2, 0) is 36.1 Å². The zero-order chi connectivity index (χ0) is 45.2. The Morgan fingerprint density at radius 2 is 1.49 bits per heavy atom. The van der Waals surface area contributed by atoms with E-state index < -0.39 is 26.1 Å². The van der Waals surface area contributed by atoms with Crippen LogP contribution in [0.15, 0.2) is 60.9 Å². The van der Waals surface area contributed by atoms with Crippen LogP contribution in [0, 0.1) is 22.7 Å². The lowest BCUT2D eigenvalue weighted by Gasteiger charge is -2.28. The number of nitrogens with two attached hydrogens (primary N) is 1. The Bertz CT molecular complexity index is 2070. The molecule has 0 saturated heterocycles. The molecule has 2 heterocycles. The van der Waals surface area contributed by atoms with Crippen LogP contribution in [-0.4, -0.2) is 53.7 Å². The number of anilines is 1. The van der Waals surface area contributed by atoms with E-state index in [0.717, 1.165) is 30.5 Å². The lowest BCUT2D eigenvalue weighted by atomic mass is 9.99. The molecule has 4 aromatic rings. The molecule has 4 rings (SSSR count). The van der Waals surface area contributed by atoms with E-state index in [-0.39, 0.29) is 30.4 Å². The number of aromatic nitrogens is 3. The molecule has 0 amide bonds. The molecule has 1 unspecified atom stereocenters. The van der Waals surface area contributed by atoms with Gasteiger partial charge in [0.1, 0.15) is 42.1 Å². The molecule has 0 aliphatic rings. The Hall–Kier alpha value is -4.20. The highest BCUT2D eigenvalue weighted by molar-refractivity contribution is 7.49. The number of ether oxygens (including phenoxy) is 3. The van der Waals surface area contributed by atoms with Gasteiger partial charge in [-0.2, -0.15) is 15.6 Å². The fourth-order valence-corrected chi connectivity index (χ4v) is 8.95. The van der Waals surface area contributed by atoms with E-state index in [1.807, 2.05) is 12.1 Å². The van der Waals surface area contributed by atoms with Crippen LogP contribution in [0.25, 0.3) is 5.52 Å². The Morgan fingerprint density at radius 3 is 2.10 bits per heavy atom. The number of halogens is 1. The van der Waals surface area contributed by atoms with Crippen LogP contribution in [0.4, 0.5) is 5.82 Å². The number of nitrogens with zero attached hydrogens (tertiary/aromatic N) is 5. The van der Waals surface area contributed by atoms with Gasteiger partial charge in [-0.1, -0.05) is 146 Å². The van der Waals surface area contributed by atoms with Crippen molar-refractivity contribution < 1.29 is 32.3 Å². The van der Waals surface area contributed by atoms with Crippen molar-refractivity contribution in [2.24, 2.45) is 0 Å². The first-order valence-corrected chi connectivity index (χ1v) is 24.6. The molecule has 0 radical (unpaired) electrons. The number of phosphoric ester groups is 1. The van der Waals surface area contributed by atoms with Gasteiger partial charge < -0.3 is 24.5 Å². The van der Waals surface area contributed by atoms with Gasteiger partial charge in [0.2, 0.25) is 0 Å². The van der Waals surface area contributed by atoms with Crippen molar-refractivity contribution in [3.63, 3.8) is 0 Å². The van der Waals surface area contributed by atoms with Crippen LogP contribution in [0.2, 0.25) is 5.02 Å². The highest BCUT2D eigenvalue weighted by Crippen LogP contribution is 2.52. The number of nitriles is 2. The quantitative estimate of drug-likeness (QED) is 0.0347. The SMILES string of the molecule is CCCCCCCCCCCCCCCCCCC[C@H](COP(=O)(OC[C@](C#N)(CCc1ccc2c(N)ncnn12)OC)Oc1ccccc1Cl)OCc1ccc(C#N)c(OC)c1. The minimum Gasteiger partial charge on any atom is -0.495 e. The third-order valence-electron chi connectivity index (χ3n) is 11.4. The smallest absolute Gasteiger partial charge is 0.495 e. The predicted molar refractivity (Wildman–Crippen MR) is 248 cm³/mol. The summed E-state index contributed by atoms with van der Waals surface area (Å²) in [5.74, 6) is 0.874. The second kappa shape index (κ2) is 28.6. The largest absolute Gasteiger partial charge is 0.530 e. The van der Waals surface area contributed by atoms with Gasteiger partial charge in [0.05, 0.1) is 37.0 Å². The monoisotopic (exact) mass is 906 g/mol. The van der Waals surface area contributed by atoms with Crippen LogP contribution in [0.5, 0.6) is 11.5 Å². The summed E-state index contributed by atoms with van der Waals surface area (Å²) in [7, 11) is -1.55. The maximum absolute atomic E-state index is 14.6. The summed E-state index contributed by atoms with van der Waals surface area (Å²) in [6.45, 7) is 1.87. The standard InChI is InChI=1S/C48H68ClN6O7P/c1-4-5-6-7-8-9-10-11-12-13-14-15-16-17-18-19-20-23-42(59-34-39-26-27-40(33-50)46(32-39)57-2)35-60-63(56,62-45-25-22-21-24-43(45)49)61-37-48(36-51,58-3)31-30-41-28-29-44-47(52)53-38-54-55(41)44/h21-22,24-29,32,38,42H,4-20,23,30-31,34-35,37H2,1-3H3,(H2,52,53,54)/t42-,48-,63?/m1/s1. The van der Waals surface area contributed by atoms with Crippen LogP contribution >= 0.6 is 19.4 Å². The fourth-order valence-electron chi connectivity index (χ4n) is 7.42. The van der Waals surface area contributed by atoms with Crippen molar-refractivity contribution in [1.29, 1.82) is 10.5 Å². The molecule has 15 heteroatoms. The molecule has 0 aliphatic carbocycles. The topological polar surface area (TPSA) is 176 Å². The number of rotatable bonds is 34. The van der Waals surface area contributed by atoms with Crippen molar-refractivity contribution in [3.8, 4) is 23.6 Å². The van der Waals surface area contributed by atoms with Gasteiger partial charge in [-0.25, -0.2) is 14.1 Å². The number of methoxy groups -OCH3 is 2. The third kappa shape index (κ3) is 17.7. The molecular formula is C48H68ClN6O7P. The Labute approximate surface area is 380 Å². The number of hydrogen-bond acceptors (Lipinski definition) is 12. The molecule has 0 saturated carbocycles. The van der Waals surface area contributed by atoms with Crippen molar-refractivity contribution in [1.82, 2.24) is 14.6 Å². The first-order valence-electron chi connectivity index (χ1n) is 22.7. The second-order valence-electron chi connectivity index (χ2n) is 16.1. The highest BCUT2D eigenvalue weighted by atomic mass is 35.5. The molecule has 2 aromatic carbocycles.